The van der Waals surface area contributed by atoms with Crippen LogP contribution in [-0.4, -0.2) is 77.7 Å². The standard InChI is InChI=1S/C38H48O13/c1-10-26(43)49-29-18(2)17-37(50-22(6)42)28(29)31(45-19(3)39)38-25(48-32(44)23-14-12-11-13-15-23)16-24-27(35(24,7)8)30(38)36(9,33(37)46-20(4)40)51-34(38)47-21(5)41/h11-15,18,24-25,27-31,33-34H,10,16-17H2,1-9H3/t18-,24-,25+,27-,28+,29-,30-,31+,33-,34-,36+,37+,38-/m0/s1. The Balaban J connectivity index is 1.71. The fourth-order valence-electron chi connectivity index (χ4n) is 10.8. The van der Waals surface area contributed by atoms with Gasteiger partial charge in [-0.2, -0.15) is 0 Å². The average molecular weight is 713 g/mol. The first kappa shape index (κ1) is 36.8. The number of ether oxygens (including phenoxy) is 7. The summed E-state index contributed by atoms with van der Waals surface area (Å²) in [6, 6.07) is 8.39. The molecule has 6 rings (SSSR count). The summed E-state index contributed by atoms with van der Waals surface area (Å²) in [5, 5.41) is 0. The van der Waals surface area contributed by atoms with Crippen LogP contribution in [0.15, 0.2) is 30.3 Å². The first-order chi connectivity index (χ1) is 23.9. The van der Waals surface area contributed by atoms with Crippen LogP contribution in [0.4, 0.5) is 0 Å². The van der Waals surface area contributed by atoms with Gasteiger partial charge in [-0.1, -0.05) is 45.9 Å². The first-order valence-corrected chi connectivity index (χ1v) is 17.7. The molecule has 4 aliphatic carbocycles. The normalized spacial score (nSPS) is 41.0. The number of rotatable bonds is 8. The van der Waals surface area contributed by atoms with Crippen LogP contribution in [0.25, 0.3) is 0 Å². The summed E-state index contributed by atoms with van der Waals surface area (Å²) in [4.78, 5) is 80.0. The van der Waals surface area contributed by atoms with E-state index in [0.717, 1.165) is 0 Å². The highest BCUT2D eigenvalue weighted by atomic mass is 16.7. The van der Waals surface area contributed by atoms with Gasteiger partial charge in [-0.3, -0.25) is 24.0 Å². The molecule has 0 unspecified atom stereocenters. The van der Waals surface area contributed by atoms with Crippen molar-refractivity contribution in [2.75, 3.05) is 0 Å². The number of hydrogen-bond donors (Lipinski definition) is 0. The predicted octanol–water partition coefficient (Wildman–Crippen LogP) is 4.33. The van der Waals surface area contributed by atoms with Crippen molar-refractivity contribution in [3.8, 4) is 0 Å². The van der Waals surface area contributed by atoms with Crippen molar-refractivity contribution < 1.29 is 61.9 Å². The molecule has 51 heavy (non-hydrogen) atoms. The Labute approximate surface area is 297 Å². The number of carbonyl (C=O) groups is 6. The third-order valence-electron chi connectivity index (χ3n) is 12.4. The third-order valence-corrected chi connectivity index (χ3v) is 12.4. The molecule has 0 aromatic heterocycles. The van der Waals surface area contributed by atoms with E-state index in [1.54, 1.807) is 51.1 Å². The molecule has 1 aromatic rings. The molecule has 1 heterocycles. The maximum absolute atomic E-state index is 14.0. The molecule has 278 valence electrons. The van der Waals surface area contributed by atoms with Gasteiger partial charge in [0.25, 0.3) is 0 Å². The Morgan fingerprint density at radius 2 is 1.43 bits per heavy atom. The van der Waals surface area contributed by atoms with Crippen LogP contribution in [0.1, 0.15) is 91.9 Å². The van der Waals surface area contributed by atoms with Crippen LogP contribution in [0.5, 0.6) is 0 Å². The molecule has 1 saturated heterocycles. The summed E-state index contributed by atoms with van der Waals surface area (Å²) in [6.07, 6.45) is -6.15. The zero-order chi connectivity index (χ0) is 37.4. The van der Waals surface area contributed by atoms with E-state index in [-0.39, 0.29) is 36.7 Å². The second kappa shape index (κ2) is 12.6. The summed E-state index contributed by atoms with van der Waals surface area (Å²) in [5.41, 5.74) is -5.17. The van der Waals surface area contributed by atoms with Crippen molar-refractivity contribution in [2.45, 2.75) is 123 Å². The molecule has 1 aliphatic heterocycles. The Kier molecular flexibility index (Phi) is 9.08. The molecule has 13 nitrogen and oxygen atoms in total. The predicted molar refractivity (Wildman–Crippen MR) is 175 cm³/mol. The molecule has 0 amide bonds. The first-order valence-electron chi connectivity index (χ1n) is 17.7. The van der Waals surface area contributed by atoms with E-state index in [1.165, 1.54) is 27.7 Å². The molecule has 5 aliphatic rings. The van der Waals surface area contributed by atoms with Crippen LogP contribution in [0, 0.1) is 40.4 Å². The fourth-order valence-corrected chi connectivity index (χ4v) is 10.8. The number of hydrogen-bond acceptors (Lipinski definition) is 13. The molecular weight excluding hydrogens is 664 g/mol. The lowest BCUT2D eigenvalue weighted by atomic mass is 9.56. The van der Waals surface area contributed by atoms with Crippen molar-refractivity contribution in [1.29, 1.82) is 0 Å². The third kappa shape index (κ3) is 5.52. The van der Waals surface area contributed by atoms with Gasteiger partial charge in [0.15, 0.2) is 11.7 Å². The van der Waals surface area contributed by atoms with Crippen LogP contribution >= 0.6 is 0 Å². The summed E-state index contributed by atoms with van der Waals surface area (Å²) >= 11 is 0. The van der Waals surface area contributed by atoms with Crippen molar-refractivity contribution in [3.63, 3.8) is 0 Å². The second-order valence-electron chi connectivity index (χ2n) is 15.8. The zero-order valence-corrected chi connectivity index (χ0v) is 30.6. The summed E-state index contributed by atoms with van der Waals surface area (Å²) in [5.74, 6) is -6.87. The van der Waals surface area contributed by atoms with Crippen molar-refractivity contribution >= 4 is 35.8 Å². The van der Waals surface area contributed by atoms with Crippen molar-refractivity contribution in [3.05, 3.63) is 35.9 Å². The molecule has 0 N–H and O–H groups in total. The Morgan fingerprint density at radius 1 is 0.804 bits per heavy atom. The van der Waals surface area contributed by atoms with Gasteiger partial charge >= 0.3 is 35.8 Å². The van der Waals surface area contributed by atoms with E-state index in [1.807, 2.05) is 0 Å². The minimum atomic E-state index is -1.78. The van der Waals surface area contributed by atoms with E-state index >= 15 is 0 Å². The van der Waals surface area contributed by atoms with Gasteiger partial charge in [-0.25, -0.2) is 4.79 Å². The molecule has 13 atom stereocenters. The SMILES string of the molecule is CCC(=O)O[C@@H]1[C@@H]2[C@@H](OC(C)=O)[C@@]34[C@@H](OC(C)=O)O[C@@](C)([C@H](OC(C)=O)[C@@]2(OC(C)=O)C[C@@H]1C)[C@@H]3[C@@H]1[C@H](C[C@H]4OC(=O)c2ccccc2)C1(C)C. The Morgan fingerprint density at radius 3 is 2.00 bits per heavy atom. The summed E-state index contributed by atoms with van der Waals surface area (Å²) in [6.45, 7) is 14.2. The van der Waals surface area contributed by atoms with Crippen LogP contribution < -0.4 is 0 Å². The van der Waals surface area contributed by atoms with Gasteiger partial charge in [-0.05, 0) is 55.1 Å². The fraction of sp³-hybridized carbons (Fsp3) is 0.684. The van der Waals surface area contributed by atoms with Gasteiger partial charge in [0.05, 0.1) is 11.5 Å². The minimum Gasteiger partial charge on any atom is -0.461 e. The van der Waals surface area contributed by atoms with Crippen LogP contribution in [-0.2, 0) is 57.1 Å². The Bertz CT molecular complexity index is 1620. The van der Waals surface area contributed by atoms with Crippen LogP contribution in [0.3, 0.4) is 0 Å². The van der Waals surface area contributed by atoms with Crippen molar-refractivity contribution in [1.82, 2.24) is 0 Å². The molecule has 13 heteroatoms. The van der Waals surface area contributed by atoms with Crippen molar-refractivity contribution in [2.24, 2.45) is 40.4 Å². The topological polar surface area (TPSA) is 167 Å². The van der Waals surface area contributed by atoms with Gasteiger partial charge in [0.1, 0.15) is 29.3 Å². The van der Waals surface area contributed by atoms with Gasteiger partial charge in [0, 0.05) is 40.0 Å². The maximum atomic E-state index is 14.0. The van der Waals surface area contributed by atoms with Gasteiger partial charge in [-0.15, -0.1) is 0 Å². The highest BCUT2D eigenvalue weighted by Crippen LogP contribution is 2.80. The maximum Gasteiger partial charge on any atom is 0.338 e. The zero-order valence-electron chi connectivity index (χ0n) is 30.6. The number of benzene rings is 1. The molecule has 1 aromatic carbocycles. The van der Waals surface area contributed by atoms with E-state index in [0.29, 0.717) is 0 Å². The summed E-state index contributed by atoms with van der Waals surface area (Å²) < 4.78 is 44.6. The van der Waals surface area contributed by atoms with E-state index in [4.69, 9.17) is 33.2 Å². The lowest BCUT2D eigenvalue weighted by Crippen LogP contribution is -2.66. The van der Waals surface area contributed by atoms with E-state index in [9.17, 15) is 28.8 Å². The molecule has 0 spiro atoms. The summed E-state index contributed by atoms with van der Waals surface area (Å²) in [7, 11) is 0. The lowest BCUT2D eigenvalue weighted by Gasteiger charge is -2.52. The Hall–Kier alpha value is -4.00. The molecule has 2 bridgehead atoms. The average Bonchev–Trinajstić information content (AvgIpc) is 3.33. The quantitative estimate of drug-likeness (QED) is 0.276. The molecule has 4 saturated carbocycles. The van der Waals surface area contributed by atoms with Gasteiger partial charge in [0.2, 0.25) is 6.29 Å². The largest absolute Gasteiger partial charge is 0.461 e. The molecule has 5 fully saturated rings. The number of esters is 6. The van der Waals surface area contributed by atoms with E-state index in [2.05, 4.69) is 13.8 Å². The van der Waals surface area contributed by atoms with Crippen LogP contribution in [0.2, 0.25) is 0 Å². The van der Waals surface area contributed by atoms with E-state index < -0.39 is 106 Å². The molecular formula is C38H48O13. The highest BCUT2D eigenvalue weighted by Gasteiger charge is 2.89. The monoisotopic (exact) mass is 712 g/mol. The number of carbonyl (C=O) groups excluding carboxylic acids is 6. The second-order valence-corrected chi connectivity index (χ2v) is 15.8. The van der Waals surface area contributed by atoms with Gasteiger partial charge < -0.3 is 33.2 Å². The highest BCUT2D eigenvalue weighted by molar-refractivity contribution is 5.89. The lowest BCUT2D eigenvalue weighted by molar-refractivity contribution is -0.292. The smallest absolute Gasteiger partial charge is 0.338 e. The molecule has 0 radical (unpaired) electrons. The minimum absolute atomic E-state index is 0.0159. The number of fused-ring (bicyclic) bond motifs is 2.